The minimum Gasteiger partial charge on any atom is -0.372 e. The zero-order valence-corrected chi connectivity index (χ0v) is 14.6. The van der Waals surface area contributed by atoms with Crippen molar-refractivity contribution in [3.8, 4) is 0 Å². The largest absolute Gasteiger partial charge is 0.372 e. The van der Waals surface area contributed by atoms with E-state index in [9.17, 15) is 0 Å². The first kappa shape index (κ1) is 17.1. The van der Waals surface area contributed by atoms with Crippen LogP contribution in [0.3, 0.4) is 0 Å². The van der Waals surface area contributed by atoms with Crippen LogP contribution >= 0.6 is 0 Å². The Balaban J connectivity index is 2.11. The van der Waals surface area contributed by atoms with E-state index in [0.29, 0.717) is 0 Å². The molecule has 2 aromatic rings. The topological polar surface area (TPSA) is 44.3 Å². The van der Waals surface area contributed by atoms with E-state index in [1.165, 1.54) is 5.69 Å². The summed E-state index contributed by atoms with van der Waals surface area (Å²) in [6, 6.07) is 10.5. The van der Waals surface area contributed by atoms with E-state index < -0.39 is 0 Å². The summed E-state index contributed by atoms with van der Waals surface area (Å²) in [5.41, 5.74) is 2.28. The van der Waals surface area contributed by atoms with Gasteiger partial charge in [0, 0.05) is 43.6 Å². The fourth-order valence-corrected chi connectivity index (χ4v) is 2.63. The van der Waals surface area contributed by atoms with Gasteiger partial charge in [-0.2, -0.15) is 0 Å². The Morgan fingerprint density at radius 3 is 2.00 bits per heavy atom. The number of hydrogen-bond acceptors (Lipinski definition) is 5. The second-order valence-corrected chi connectivity index (χ2v) is 5.28. The molecule has 2 rings (SSSR count). The van der Waals surface area contributed by atoms with Gasteiger partial charge in [0.05, 0.1) is 0 Å². The van der Waals surface area contributed by atoms with Gasteiger partial charge >= 0.3 is 0 Å². The van der Waals surface area contributed by atoms with Crippen molar-refractivity contribution in [3.05, 3.63) is 36.7 Å². The first-order chi connectivity index (χ1) is 11.2. The smallest absolute Gasteiger partial charge is 0.135 e. The molecule has 0 amide bonds. The number of nitrogens with one attached hydrogen (secondary N) is 1. The van der Waals surface area contributed by atoms with Crippen LogP contribution < -0.4 is 15.1 Å². The summed E-state index contributed by atoms with van der Waals surface area (Å²) < 4.78 is 0. The van der Waals surface area contributed by atoms with Gasteiger partial charge in [-0.05, 0) is 52.0 Å². The molecule has 0 aliphatic carbocycles. The van der Waals surface area contributed by atoms with Crippen molar-refractivity contribution in [2.45, 2.75) is 27.7 Å². The molecule has 124 valence electrons. The molecule has 0 radical (unpaired) electrons. The number of anilines is 4. The lowest BCUT2D eigenvalue weighted by atomic mass is 10.2. The second-order valence-electron chi connectivity index (χ2n) is 5.28. The first-order valence-electron chi connectivity index (χ1n) is 8.40. The predicted octanol–water partition coefficient (Wildman–Crippen LogP) is 3.91. The van der Waals surface area contributed by atoms with Crippen LogP contribution in [-0.4, -0.2) is 36.1 Å². The van der Waals surface area contributed by atoms with Crippen LogP contribution in [0.1, 0.15) is 27.7 Å². The van der Waals surface area contributed by atoms with Crippen molar-refractivity contribution in [2.24, 2.45) is 0 Å². The van der Waals surface area contributed by atoms with Gasteiger partial charge < -0.3 is 15.1 Å². The molecule has 23 heavy (non-hydrogen) atoms. The van der Waals surface area contributed by atoms with Crippen LogP contribution in [0.25, 0.3) is 0 Å². The molecule has 0 fully saturated rings. The maximum absolute atomic E-state index is 4.35. The van der Waals surface area contributed by atoms with E-state index >= 15 is 0 Å². The van der Waals surface area contributed by atoms with Gasteiger partial charge in [0.15, 0.2) is 0 Å². The van der Waals surface area contributed by atoms with Crippen LogP contribution in [-0.2, 0) is 0 Å². The molecule has 0 spiro atoms. The minimum atomic E-state index is 0.817. The minimum absolute atomic E-state index is 0.817. The van der Waals surface area contributed by atoms with Gasteiger partial charge in [-0.3, -0.25) is 0 Å². The Hall–Kier alpha value is -2.30. The fourth-order valence-electron chi connectivity index (χ4n) is 2.63. The molecule has 1 heterocycles. The van der Waals surface area contributed by atoms with E-state index in [1.807, 2.05) is 6.07 Å². The normalized spacial score (nSPS) is 10.4. The highest BCUT2D eigenvalue weighted by atomic mass is 15.2. The molecule has 1 N–H and O–H groups in total. The summed E-state index contributed by atoms with van der Waals surface area (Å²) in [7, 11) is 0. The second kappa shape index (κ2) is 8.36. The van der Waals surface area contributed by atoms with Crippen molar-refractivity contribution >= 4 is 23.0 Å². The third-order valence-electron chi connectivity index (χ3n) is 4.01. The van der Waals surface area contributed by atoms with Gasteiger partial charge in [-0.25, -0.2) is 9.97 Å². The summed E-state index contributed by atoms with van der Waals surface area (Å²) in [6.45, 7) is 12.5. The molecule has 0 aliphatic rings. The Kier molecular flexibility index (Phi) is 6.20. The number of hydrogen-bond donors (Lipinski definition) is 1. The first-order valence-corrected chi connectivity index (χ1v) is 8.40. The third kappa shape index (κ3) is 4.34. The summed E-state index contributed by atoms with van der Waals surface area (Å²) >= 11 is 0. The van der Waals surface area contributed by atoms with Crippen LogP contribution in [0, 0.1) is 0 Å². The number of benzene rings is 1. The van der Waals surface area contributed by atoms with Crippen LogP contribution in [0.4, 0.5) is 23.0 Å². The van der Waals surface area contributed by atoms with Crippen molar-refractivity contribution in [1.82, 2.24) is 9.97 Å². The van der Waals surface area contributed by atoms with Crippen molar-refractivity contribution in [2.75, 3.05) is 41.3 Å². The van der Waals surface area contributed by atoms with Crippen LogP contribution in [0.15, 0.2) is 36.7 Å². The van der Waals surface area contributed by atoms with E-state index in [4.69, 9.17) is 0 Å². The molecule has 0 aliphatic heterocycles. The number of nitrogens with zero attached hydrogens (tertiary/aromatic N) is 4. The number of rotatable bonds is 8. The molecule has 0 atom stereocenters. The molecule has 0 bridgehead atoms. The highest BCUT2D eigenvalue weighted by Gasteiger charge is 2.06. The standard InChI is InChI=1S/C18H27N5/c1-5-22(6-2)16-11-9-15(10-12-16)21-17-13-18(20-14-19-17)23(7-3)8-4/h9-14H,5-8H2,1-4H3,(H,19,20,21). The summed E-state index contributed by atoms with van der Waals surface area (Å²) in [5, 5.41) is 3.35. The summed E-state index contributed by atoms with van der Waals surface area (Å²) in [4.78, 5) is 13.2. The molecule has 5 heteroatoms. The van der Waals surface area contributed by atoms with Crippen molar-refractivity contribution < 1.29 is 0 Å². The fraction of sp³-hybridized carbons (Fsp3) is 0.444. The Labute approximate surface area is 139 Å². The lowest BCUT2D eigenvalue weighted by molar-refractivity contribution is 0.842. The predicted molar refractivity (Wildman–Crippen MR) is 98.9 cm³/mol. The molecule has 0 saturated heterocycles. The molecular weight excluding hydrogens is 286 g/mol. The summed E-state index contributed by atoms with van der Waals surface area (Å²) in [5.74, 6) is 1.77. The molecule has 1 aromatic heterocycles. The van der Waals surface area contributed by atoms with E-state index in [2.05, 4.69) is 77.0 Å². The van der Waals surface area contributed by atoms with E-state index in [-0.39, 0.29) is 0 Å². The third-order valence-corrected chi connectivity index (χ3v) is 4.01. The number of aromatic nitrogens is 2. The van der Waals surface area contributed by atoms with Gasteiger partial charge in [0.2, 0.25) is 0 Å². The average molecular weight is 313 g/mol. The van der Waals surface area contributed by atoms with Crippen LogP contribution in [0.5, 0.6) is 0 Å². The lowest BCUT2D eigenvalue weighted by Crippen LogP contribution is -2.23. The molecule has 0 unspecified atom stereocenters. The zero-order chi connectivity index (χ0) is 16.7. The summed E-state index contributed by atoms with van der Waals surface area (Å²) in [6.07, 6.45) is 1.61. The van der Waals surface area contributed by atoms with Gasteiger partial charge in [0.25, 0.3) is 0 Å². The molecular formula is C18H27N5. The Bertz CT molecular complexity index is 589. The average Bonchev–Trinajstić information content (AvgIpc) is 2.59. The van der Waals surface area contributed by atoms with Gasteiger partial charge in [-0.1, -0.05) is 0 Å². The van der Waals surface area contributed by atoms with Gasteiger partial charge in [-0.15, -0.1) is 0 Å². The van der Waals surface area contributed by atoms with Crippen molar-refractivity contribution in [1.29, 1.82) is 0 Å². The van der Waals surface area contributed by atoms with Gasteiger partial charge in [0.1, 0.15) is 18.0 Å². The molecule has 1 aromatic carbocycles. The molecule has 0 saturated carbocycles. The zero-order valence-electron chi connectivity index (χ0n) is 14.6. The lowest BCUT2D eigenvalue weighted by Gasteiger charge is -2.21. The van der Waals surface area contributed by atoms with E-state index in [0.717, 1.165) is 43.5 Å². The van der Waals surface area contributed by atoms with Crippen LogP contribution in [0.2, 0.25) is 0 Å². The highest BCUT2D eigenvalue weighted by molar-refractivity contribution is 5.62. The van der Waals surface area contributed by atoms with Crippen molar-refractivity contribution in [3.63, 3.8) is 0 Å². The Morgan fingerprint density at radius 1 is 0.826 bits per heavy atom. The Morgan fingerprint density at radius 2 is 1.43 bits per heavy atom. The maximum atomic E-state index is 4.35. The quantitative estimate of drug-likeness (QED) is 0.800. The highest BCUT2D eigenvalue weighted by Crippen LogP contribution is 2.21. The van der Waals surface area contributed by atoms with E-state index in [1.54, 1.807) is 6.33 Å². The SMILES string of the molecule is CCN(CC)c1ccc(Nc2cc(N(CC)CC)ncn2)cc1. The monoisotopic (exact) mass is 313 g/mol. The molecule has 5 nitrogen and oxygen atoms in total. The maximum Gasteiger partial charge on any atom is 0.135 e.